The Labute approximate surface area is 203 Å². The van der Waals surface area contributed by atoms with E-state index in [0.717, 1.165) is 10.2 Å². The summed E-state index contributed by atoms with van der Waals surface area (Å²) in [5.74, 6) is -0.422. The smallest absolute Gasteiger partial charge is 0.279 e. The largest absolute Gasteiger partial charge is 0.380 e. The summed E-state index contributed by atoms with van der Waals surface area (Å²) >= 11 is 1.44. The third-order valence-electron chi connectivity index (χ3n) is 5.57. The van der Waals surface area contributed by atoms with Gasteiger partial charge in [-0.15, -0.1) is 0 Å². The van der Waals surface area contributed by atoms with Gasteiger partial charge in [0, 0.05) is 31.8 Å². The van der Waals surface area contributed by atoms with Crippen LogP contribution in [0.3, 0.4) is 0 Å². The second-order valence-corrected chi connectivity index (χ2v) is 11.2. The van der Waals surface area contributed by atoms with E-state index in [4.69, 9.17) is 9.47 Å². The SMILES string of the molecule is CCOCCn1c(=NC(=O)c2ccc(S(=O)(=O)N3C[C@@H](C)O[C@@H](C)C3)cc2)sc2ccccc21. The number of carbonyl (C=O) groups excluding carboxylic acids is 1. The second-order valence-electron chi connectivity index (χ2n) is 8.22. The van der Waals surface area contributed by atoms with Gasteiger partial charge in [-0.05, 0) is 57.2 Å². The van der Waals surface area contributed by atoms with Crippen LogP contribution in [0.2, 0.25) is 0 Å². The number of hydrogen-bond donors (Lipinski definition) is 0. The van der Waals surface area contributed by atoms with E-state index in [1.807, 2.05) is 49.6 Å². The average molecular weight is 504 g/mol. The number of rotatable bonds is 7. The number of carbonyl (C=O) groups is 1. The van der Waals surface area contributed by atoms with Gasteiger partial charge < -0.3 is 14.0 Å². The highest BCUT2D eigenvalue weighted by molar-refractivity contribution is 7.89. The molecule has 0 radical (unpaired) electrons. The summed E-state index contributed by atoms with van der Waals surface area (Å²) in [7, 11) is -3.67. The monoisotopic (exact) mass is 503 g/mol. The molecule has 0 saturated carbocycles. The Balaban J connectivity index is 1.60. The molecule has 0 aliphatic carbocycles. The zero-order chi connectivity index (χ0) is 24.3. The maximum atomic E-state index is 13.1. The standard InChI is InChI=1S/C24H29N3O5S2/c1-4-31-14-13-27-21-7-5-6-8-22(21)33-24(27)25-23(28)19-9-11-20(12-10-19)34(29,30)26-15-17(2)32-18(3)16-26/h5-12,17-18H,4,13-16H2,1-3H3/t17-,18+. The predicted molar refractivity (Wildman–Crippen MR) is 131 cm³/mol. The van der Waals surface area contributed by atoms with Gasteiger partial charge in [-0.3, -0.25) is 4.79 Å². The van der Waals surface area contributed by atoms with Crippen LogP contribution in [0, 0.1) is 0 Å². The summed E-state index contributed by atoms with van der Waals surface area (Å²) in [6, 6.07) is 13.9. The first-order valence-electron chi connectivity index (χ1n) is 11.3. The van der Waals surface area contributed by atoms with E-state index in [1.165, 1.54) is 39.9 Å². The van der Waals surface area contributed by atoms with Gasteiger partial charge in [0.15, 0.2) is 4.80 Å². The van der Waals surface area contributed by atoms with Crippen molar-refractivity contribution < 1.29 is 22.7 Å². The van der Waals surface area contributed by atoms with Gasteiger partial charge in [0.1, 0.15) is 0 Å². The Bertz CT molecular complexity index is 1320. The molecule has 2 atom stereocenters. The fourth-order valence-corrected chi connectivity index (χ4v) is 6.66. The normalized spacial score (nSPS) is 20.1. The van der Waals surface area contributed by atoms with E-state index in [0.29, 0.717) is 43.2 Å². The third kappa shape index (κ3) is 5.31. The molecular weight excluding hydrogens is 474 g/mol. The van der Waals surface area contributed by atoms with Crippen LogP contribution in [0.15, 0.2) is 58.4 Å². The Morgan fingerprint density at radius 2 is 1.79 bits per heavy atom. The van der Waals surface area contributed by atoms with Crippen LogP contribution >= 0.6 is 11.3 Å². The molecule has 0 unspecified atom stereocenters. The first-order chi connectivity index (χ1) is 16.3. The van der Waals surface area contributed by atoms with Gasteiger partial charge >= 0.3 is 0 Å². The molecule has 0 N–H and O–H groups in total. The average Bonchev–Trinajstić information content (AvgIpc) is 3.15. The first-order valence-corrected chi connectivity index (χ1v) is 13.6. The summed E-state index contributed by atoms with van der Waals surface area (Å²) in [6.07, 6.45) is -0.345. The van der Waals surface area contributed by atoms with Crippen LogP contribution in [0.5, 0.6) is 0 Å². The molecular formula is C24H29N3O5S2. The van der Waals surface area contributed by atoms with E-state index >= 15 is 0 Å². The van der Waals surface area contributed by atoms with Crippen molar-refractivity contribution in [3.63, 3.8) is 0 Å². The molecule has 2 heterocycles. The van der Waals surface area contributed by atoms with Gasteiger partial charge in [0.05, 0.1) is 33.9 Å². The maximum absolute atomic E-state index is 13.1. The first kappa shape index (κ1) is 24.7. The van der Waals surface area contributed by atoms with Gasteiger partial charge in [0.2, 0.25) is 10.0 Å². The van der Waals surface area contributed by atoms with Crippen LogP contribution in [0.1, 0.15) is 31.1 Å². The molecule has 8 nitrogen and oxygen atoms in total. The highest BCUT2D eigenvalue weighted by atomic mass is 32.2. The highest BCUT2D eigenvalue weighted by Gasteiger charge is 2.32. The van der Waals surface area contributed by atoms with Crippen molar-refractivity contribution in [3.05, 3.63) is 58.9 Å². The number of amides is 1. The molecule has 1 amide bonds. The quantitative estimate of drug-likeness (QED) is 0.462. The predicted octanol–water partition coefficient (Wildman–Crippen LogP) is 3.28. The molecule has 2 aromatic carbocycles. The molecule has 1 aliphatic heterocycles. The van der Waals surface area contributed by atoms with Crippen LogP contribution in [0.25, 0.3) is 10.2 Å². The second kappa shape index (κ2) is 10.5. The Morgan fingerprint density at radius 1 is 1.12 bits per heavy atom. The van der Waals surface area contributed by atoms with E-state index < -0.39 is 15.9 Å². The molecule has 34 heavy (non-hydrogen) atoms. The minimum absolute atomic E-state index is 0.152. The maximum Gasteiger partial charge on any atom is 0.279 e. The summed E-state index contributed by atoms with van der Waals surface area (Å²) in [6.45, 7) is 7.97. The lowest BCUT2D eigenvalue weighted by Gasteiger charge is -2.34. The summed E-state index contributed by atoms with van der Waals surface area (Å²) in [4.78, 5) is 18.0. The molecule has 1 aliphatic rings. The summed E-state index contributed by atoms with van der Waals surface area (Å²) in [5.41, 5.74) is 1.32. The lowest BCUT2D eigenvalue weighted by atomic mass is 10.2. The zero-order valence-electron chi connectivity index (χ0n) is 19.5. The summed E-state index contributed by atoms with van der Waals surface area (Å²) in [5, 5.41) is 0. The number of aromatic nitrogens is 1. The van der Waals surface area contributed by atoms with Crippen molar-refractivity contribution >= 4 is 37.5 Å². The van der Waals surface area contributed by atoms with Crippen LogP contribution in [-0.4, -0.2) is 61.7 Å². The lowest BCUT2D eigenvalue weighted by molar-refractivity contribution is -0.0440. The Hall–Kier alpha value is -2.37. The van der Waals surface area contributed by atoms with Crippen molar-refractivity contribution in [1.29, 1.82) is 0 Å². The topological polar surface area (TPSA) is 90.2 Å². The van der Waals surface area contributed by atoms with Crippen molar-refractivity contribution in [2.75, 3.05) is 26.3 Å². The summed E-state index contributed by atoms with van der Waals surface area (Å²) < 4.78 is 41.7. The Morgan fingerprint density at radius 3 is 2.47 bits per heavy atom. The fourth-order valence-electron chi connectivity index (χ4n) is 4.02. The number of fused-ring (bicyclic) bond motifs is 1. The lowest BCUT2D eigenvalue weighted by Crippen LogP contribution is -2.48. The molecule has 1 aromatic heterocycles. The van der Waals surface area contributed by atoms with Crippen molar-refractivity contribution in [2.24, 2.45) is 4.99 Å². The van der Waals surface area contributed by atoms with Crippen LogP contribution in [0.4, 0.5) is 0 Å². The Kier molecular flexibility index (Phi) is 7.63. The van der Waals surface area contributed by atoms with Crippen molar-refractivity contribution in [3.8, 4) is 0 Å². The number of sulfonamides is 1. The molecule has 1 fully saturated rings. The minimum atomic E-state index is -3.67. The third-order valence-corrected chi connectivity index (χ3v) is 8.48. The van der Waals surface area contributed by atoms with Gasteiger partial charge in [-0.2, -0.15) is 9.30 Å². The number of ether oxygens (including phenoxy) is 2. The molecule has 10 heteroatoms. The van der Waals surface area contributed by atoms with Gasteiger partial charge in [0.25, 0.3) is 5.91 Å². The number of thiazole rings is 1. The molecule has 0 spiro atoms. The van der Waals surface area contributed by atoms with Gasteiger partial charge in [-0.25, -0.2) is 8.42 Å². The molecule has 4 rings (SSSR count). The molecule has 182 valence electrons. The van der Waals surface area contributed by atoms with Crippen LogP contribution in [-0.2, 0) is 26.0 Å². The number of para-hydroxylation sites is 1. The van der Waals surface area contributed by atoms with Crippen molar-refractivity contribution in [1.82, 2.24) is 8.87 Å². The minimum Gasteiger partial charge on any atom is -0.380 e. The van der Waals surface area contributed by atoms with E-state index in [9.17, 15) is 13.2 Å². The molecule has 3 aromatic rings. The number of nitrogens with zero attached hydrogens (tertiary/aromatic N) is 3. The zero-order valence-corrected chi connectivity index (χ0v) is 21.1. The fraction of sp³-hybridized carbons (Fsp3) is 0.417. The number of morpholine rings is 1. The van der Waals surface area contributed by atoms with E-state index in [1.54, 1.807) is 0 Å². The van der Waals surface area contributed by atoms with Gasteiger partial charge in [-0.1, -0.05) is 23.5 Å². The number of hydrogen-bond acceptors (Lipinski definition) is 6. The molecule has 0 bridgehead atoms. The number of benzene rings is 2. The van der Waals surface area contributed by atoms with Crippen LogP contribution < -0.4 is 4.80 Å². The van der Waals surface area contributed by atoms with E-state index in [2.05, 4.69) is 4.99 Å². The molecule has 1 saturated heterocycles. The highest BCUT2D eigenvalue weighted by Crippen LogP contribution is 2.22. The van der Waals surface area contributed by atoms with E-state index in [-0.39, 0.29) is 17.1 Å². The van der Waals surface area contributed by atoms with Crippen molar-refractivity contribution in [2.45, 2.75) is 44.4 Å².